The van der Waals surface area contributed by atoms with E-state index in [1.54, 1.807) is 13.8 Å². The maximum Gasteiger partial charge on any atom is 0.311 e. The van der Waals surface area contributed by atoms with Crippen molar-refractivity contribution in [3.05, 3.63) is 0 Å². The van der Waals surface area contributed by atoms with Crippen molar-refractivity contribution in [1.29, 1.82) is 0 Å². The second-order valence-electron chi connectivity index (χ2n) is 3.90. The van der Waals surface area contributed by atoms with Crippen LogP contribution in [0.15, 0.2) is 0 Å². The lowest BCUT2D eigenvalue weighted by atomic mass is 10.2. The lowest BCUT2D eigenvalue weighted by Gasteiger charge is -2.23. The molecule has 0 radical (unpaired) electrons. The molecule has 0 aromatic heterocycles. The molecule has 13 heavy (non-hydrogen) atoms. The van der Waals surface area contributed by atoms with Crippen molar-refractivity contribution < 1.29 is 24.4 Å². The van der Waals surface area contributed by atoms with E-state index in [1.807, 2.05) is 0 Å². The van der Waals surface area contributed by atoms with Crippen molar-refractivity contribution in [3.8, 4) is 0 Å². The molecule has 76 valence electrons. The Morgan fingerprint density at radius 3 is 2.62 bits per heavy atom. The van der Waals surface area contributed by atoms with Gasteiger partial charge in [-0.15, -0.1) is 0 Å². The van der Waals surface area contributed by atoms with E-state index in [4.69, 9.17) is 19.3 Å². The number of ether oxygens (including phenoxy) is 3. The summed E-state index contributed by atoms with van der Waals surface area (Å²) in [6.45, 7) is 3.28. The Morgan fingerprint density at radius 2 is 2.08 bits per heavy atom. The number of hydrogen-bond donors (Lipinski definition) is 2. The van der Waals surface area contributed by atoms with E-state index < -0.39 is 24.0 Å². The van der Waals surface area contributed by atoms with Gasteiger partial charge in [0.15, 0.2) is 5.79 Å². The molecule has 0 bridgehead atoms. The molecule has 2 rings (SSSR count). The summed E-state index contributed by atoms with van der Waals surface area (Å²) in [4.78, 5) is 0. The second-order valence-corrected chi connectivity index (χ2v) is 3.90. The topological polar surface area (TPSA) is 68.2 Å². The molecule has 2 heterocycles. The second kappa shape index (κ2) is 2.65. The van der Waals surface area contributed by atoms with Gasteiger partial charge in [-0.05, 0) is 13.8 Å². The van der Waals surface area contributed by atoms with Crippen molar-refractivity contribution in [2.45, 2.75) is 44.2 Å². The molecule has 0 aliphatic carbocycles. The minimum absolute atomic E-state index is 0.133. The number of fused-ring (bicyclic) bond motifs is 1. The molecule has 0 amide bonds. The zero-order valence-corrected chi connectivity index (χ0v) is 7.69. The fourth-order valence-electron chi connectivity index (χ4n) is 1.79. The van der Waals surface area contributed by atoms with Gasteiger partial charge in [0.1, 0.15) is 6.10 Å². The summed E-state index contributed by atoms with van der Waals surface area (Å²) in [7, 11) is 0. The van der Waals surface area contributed by atoms with Crippen molar-refractivity contribution in [2.24, 2.45) is 0 Å². The van der Waals surface area contributed by atoms with Crippen molar-refractivity contribution >= 4 is 0 Å². The zero-order chi connectivity index (χ0) is 9.69. The van der Waals surface area contributed by atoms with Crippen LogP contribution in [-0.4, -0.2) is 40.8 Å². The predicted octanol–water partition coefficient (Wildman–Crippen LogP) is -0.435. The highest BCUT2D eigenvalue weighted by Gasteiger charge is 2.59. The maximum atomic E-state index is 9.79. The molecular formula is C8H14O5. The maximum absolute atomic E-state index is 9.79. The van der Waals surface area contributed by atoms with Crippen molar-refractivity contribution in [1.82, 2.24) is 0 Å². The molecule has 2 aliphatic heterocycles. The molecule has 2 aliphatic rings. The Bertz CT molecular complexity index is 217. The van der Waals surface area contributed by atoms with Crippen LogP contribution in [0.3, 0.4) is 0 Å². The molecule has 5 nitrogen and oxygen atoms in total. The van der Waals surface area contributed by atoms with E-state index in [9.17, 15) is 5.11 Å². The van der Waals surface area contributed by atoms with Gasteiger partial charge in [-0.25, -0.2) is 0 Å². The summed E-state index contributed by atoms with van der Waals surface area (Å²) < 4.78 is 15.7. The minimum atomic E-state index is -1.67. The van der Waals surface area contributed by atoms with E-state index in [0.717, 1.165) is 0 Å². The highest BCUT2D eigenvalue weighted by atomic mass is 16.9. The minimum Gasteiger partial charge on any atom is -0.394 e. The summed E-state index contributed by atoms with van der Waals surface area (Å²) in [6, 6.07) is 0. The largest absolute Gasteiger partial charge is 0.394 e. The van der Waals surface area contributed by atoms with Gasteiger partial charge in [0.2, 0.25) is 0 Å². The monoisotopic (exact) mass is 190 g/mol. The summed E-state index contributed by atoms with van der Waals surface area (Å²) in [5, 5.41) is 18.6. The first kappa shape index (κ1) is 9.36. The summed E-state index contributed by atoms with van der Waals surface area (Å²) in [6.07, 6.45) is -0.443. The van der Waals surface area contributed by atoms with Crippen LogP contribution < -0.4 is 0 Å². The molecule has 0 aromatic carbocycles. The van der Waals surface area contributed by atoms with Gasteiger partial charge in [-0.3, -0.25) is 4.74 Å². The summed E-state index contributed by atoms with van der Waals surface area (Å²) >= 11 is 0. The average molecular weight is 190 g/mol. The highest BCUT2D eigenvalue weighted by Crippen LogP contribution is 2.43. The van der Waals surface area contributed by atoms with Crippen LogP contribution in [-0.2, 0) is 14.2 Å². The number of aliphatic hydroxyl groups is 2. The van der Waals surface area contributed by atoms with Crippen LogP contribution in [0.25, 0.3) is 0 Å². The Morgan fingerprint density at radius 1 is 1.38 bits per heavy atom. The van der Waals surface area contributed by atoms with E-state index in [1.165, 1.54) is 0 Å². The van der Waals surface area contributed by atoms with Gasteiger partial charge in [0, 0.05) is 6.42 Å². The van der Waals surface area contributed by atoms with Crippen LogP contribution in [0.1, 0.15) is 20.3 Å². The first-order valence-corrected chi connectivity index (χ1v) is 4.34. The van der Waals surface area contributed by atoms with Gasteiger partial charge in [0.25, 0.3) is 0 Å². The van der Waals surface area contributed by atoms with Gasteiger partial charge in [-0.1, -0.05) is 0 Å². The highest BCUT2D eigenvalue weighted by molar-refractivity contribution is 4.89. The number of rotatable bonds is 1. The lowest BCUT2D eigenvalue weighted by molar-refractivity contribution is -0.359. The van der Waals surface area contributed by atoms with Crippen LogP contribution in [0, 0.1) is 0 Å². The van der Waals surface area contributed by atoms with Gasteiger partial charge < -0.3 is 19.7 Å². The average Bonchev–Trinajstić information content (AvgIpc) is 2.35. The van der Waals surface area contributed by atoms with Crippen LogP contribution >= 0.6 is 0 Å². The zero-order valence-electron chi connectivity index (χ0n) is 7.69. The molecule has 2 saturated heterocycles. The molecular weight excluding hydrogens is 176 g/mol. The molecule has 3 atom stereocenters. The van der Waals surface area contributed by atoms with Crippen LogP contribution in [0.5, 0.6) is 0 Å². The molecule has 0 saturated carbocycles. The fourth-order valence-corrected chi connectivity index (χ4v) is 1.79. The number of aliphatic hydroxyl groups excluding tert-OH is 1. The first-order chi connectivity index (χ1) is 5.95. The van der Waals surface area contributed by atoms with Crippen LogP contribution in [0.2, 0.25) is 0 Å². The van der Waals surface area contributed by atoms with Crippen LogP contribution in [0.4, 0.5) is 0 Å². The molecule has 5 heteroatoms. The summed E-state index contributed by atoms with van der Waals surface area (Å²) in [5.41, 5.74) is 0. The third-order valence-corrected chi connectivity index (χ3v) is 2.24. The molecule has 0 aromatic rings. The summed E-state index contributed by atoms with van der Waals surface area (Å²) in [5.74, 6) is -2.49. The smallest absolute Gasteiger partial charge is 0.311 e. The first-order valence-electron chi connectivity index (χ1n) is 4.34. The Balaban J connectivity index is 2.11. The van der Waals surface area contributed by atoms with E-state index in [0.29, 0.717) is 6.42 Å². The molecule has 0 spiro atoms. The van der Waals surface area contributed by atoms with Gasteiger partial charge in [0.05, 0.1) is 12.7 Å². The number of hydrogen-bond acceptors (Lipinski definition) is 5. The Hall–Kier alpha value is -0.200. The van der Waals surface area contributed by atoms with E-state index in [-0.39, 0.29) is 6.61 Å². The fraction of sp³-hybridized carbons (Fsp3) is 1.00. The quantitative estimate of drug-likeness (QED) is 0.587. The third-order valence-electron chi connectivity index (χ3n) is 2.24. The Labute approximate surface area is 76.2 Å². The third kappa shape index (κ3) is 1.47. The lowest BCUT2D eigenvalue weighted by Crippen LogP contribution is -2.38. The van der Waals surface area contributed by atoms with E-state index >= 15 is 0 Å². The van der Waals surface area contributed by atoms with Crippen molar-refractivity contribution in [3.63, 3.8) is 0 Å². The van der Waals surface area contributed by atoms with Gasteiger partial charge in [-0.2, -0.15) is 0 Å². The standard InChI is InChI=1S/C8H14O5/c1-7(2)12-6-3-5(4-9)11-8(6,10)13-7/h5-6,9-10H,3-4H2,1-2H3/t5?,6?,8-/m1/s1. The van der Waals surface area contributed by atoms with Crippen molar-refractivity contribution in [2.75, 3.05) is 6.61 Å². The molecule has 2 unspecified atom stereocenters. The normalized spacial score (nSPS) is 48.0. The van der Waals surface area contributed by atoms with E-state index in [2.05, 4.69) is 0 Å². The SMILES string of the molecule is CC1(C)OC2CC(CO)O[C@@]2(O)O1. The Kier molecular flexibility index (Phi) is 1.91. The molecule has 2 fully saturated rings. The predicted molar refractivity (Wildman–Crippen MR) is 41.6 cm³/mol. The van der Waals surface area contributed by atoms with Gasteiger partial charge >= 0.3 is 5.97 Å². The molecule has 2 N–H and O–H groups in total.